The second-order valence-electron chi connectivity index (χ2n) is 2.66. The molecule has 0 saturated carbocycles. The second-order valence-corrected chi connectivity index (χ2v) is 17.8. The summed E-state index contributed by atoms with van der Waals surface area (Å²) in [6.07, 6.45) is 0. The first-order chi connectivity index (χ1) is 6.04. The van der Waals surface area contributed by atoms with Crippen molar-refractivity contribution in [3.05, 3.63) is 29.8 Å². The van der Waals surface area contributed by atoms with E-state index in [-0.39, 0.29) is 0 Å². The topological polar surface area (TPSA) is 29.1 Å². The molecule has 0 aliphatic heterocycles. The van der Waals surface area contributed by atoms with Crippen molar-refractivity contribution in [3.63, 3.8) is 0 Å². The Labute approximate surface area is 104 Å². The van der Waals surface area contributed by atoms with Gasteiger partial charge >= 0.3 is 0 Å². The van der Waals surface area contributed by atoms with Crippen LogP contribution in [0.4, 0.5) is 0 Å². The normalized spacial score (nSPS) is 11.6. The van der Waals surface area contributed by atoms with Gasteiger partial charge in [0, 0.05) is 55.9 Å². The third-order valence-electron chi connectivity index (χ3n) is 1.59. The monoisotopic (exact) mass is 421 g/mol. The van der Waals surface area contributed by atoms with E-state index in [4.69, 9.17) is 0 Å². The number of hydrogen-bond acceptors (Lipinski definition) is 2. The Bertz CT molecular complexity index is 337. The SMILES string of the molecule is CNCc1cccc(P(=O)(I)I)c1. The molecule has 0 atom stereocenters. The van der Waals surface area contributed by atoms with Crippen molar-refractivity contribution in [3.8, 4) is 0 Å². The number of rotatable bonds is 3. The average Bonchev–Trinajstić information content (AvgIpc) is 2.04. The van der Waals surface area contributed by atoms with Crippen LogP contribution in [-0.4, -0.2) is 7.05 Å². The van der Waals surface area contributed by atoms with Gasteiger partial charge in [0.1, 0.15) is 0 Å². The van der Waals surface area contributed by atoms with E-state index in [1.54, 1.807) is 0 Å². The van der Waals surface area contributed by atoms with Gasteiger partial charge in [0.25, 0.3) is 0 Å². The standard InChI is InChI=1S/C8H10I2NOP/c1-11-6-7-3-2-4-8(5-7)13(9,10)12/h2-5,11H,6H2,1H3. The van der Waals surface area contributed by atoms with Crippen LogP contribution >= 0.6 is 46.5 Å². The molecule has 1 aromatic carbocycles. The van der Waals surface area contributed by atoms with Gasteiger partial charge in [-0.05, 0) is 24.7 Å². The molecule has 2 nitrogen and oxygen atoms in total. The van der Waals surface area contributed by atoms with Crippen LogP contribution in [-0.2, 0) is 11.1 Å². The molecule has 72 valence electrons. The van der Waals surface area contributed by atoms with E-state index in [1.165, 1.54) is 5.56 Å². The molecule has 0 amide bonds. The summed E-state index contributed by atoms with van der Waals surface area (Å²) in [5, 5.41) is 4.00. The molecule has 1 N–H and O–H groups in total. The number of hydrogen-bond donors (Lipinski definition) is 1. The van der Waals surface area contributed by atoms with E-state index < -0.39 is 2.43 Å². The maximum absolute atomic E-state index is 11.7. The van der Waals surface area contributed by atoms with Crippen LogP contribution in [0, 0.1) is 0 Å². The molecular formula is C8H10I2NOP. The molecule has 0 aromatic heterocycles. The molecule has 0 bridgehead atoms. The van der Waals surface area contributed by atoms with Gasteiger partial charge in [0.15, 0.2) is 0 Å². The lowest BCUT2D eigenvalue weighted by molar-refractivity contribution is 0.601. The summed E-state index contributed by atoms with van der Waals surface area (Å²) < 4.78 is 9.57. The Kier molecular flexibility index (Phi) is 4.68. The van der Waals surface area contributed by atoms with Crippen LogP contribution in [0.5, 0.6) is 0 Å². The van der Waals surface area contributed by atoms with Gasteiger partial charge in [-0.2, -0.15) is 0 Å². The predicted molar refractivity (Wildman–Crippen MR) is 74.5 cm³/mol. The summed E-state index contributed by atoms with van der Waals surface area (Å²) in [7, 11) is 1.90. The largest absolute Gasteiger partial charge is 0.316 e. The summed E-state index contributed by atoms with van der Waals surface area (Å²) in [4.78, 5) is 0. The van der Waals surface area contributed by atoms with E-state index >= 15 is 0 Å². The maximum Gasteiger partial charge on any atom is 0.225 e. The molecule has 0 radical (unpaired) electrons. The Balaban J connectivity index is 2.99. The van der Waals surface area contributed by atoms with Crippen molar-refractivity contribution in [1.29, 1.82) is 0 Å². The zero-order valence-electron chi connectivity index (χ0n) is 7.13. The molecule has 5 heteroatoms. The molecular weight excluding hydrogens is 411 g/mol. The lowest BCUT2D eigenvalue weighted by Crippen LogP contribution is -2.07. The Morgan fingerprint density at radius 1 is 1.46 bits per heavy atom. The molecule has 0 aliphatic rings. The van der Waals surface area contributed by atoms with Crippen LogP contribution in [0.15, 0.2) is 24.3 Å². The van der Waals surface area contributed by atoms with E-state index in [1.807, 2.05) is 75.4 Å². The first kappa shape index (κ1) is 11.9. The molecule has 0 unspecified atom stereocenters. The zero-order valence-corrected chi connectivity index (χ0v) is 12.3. The third kappa shape index (κ3) is 3.85. The molecule has 0 heterocycles. The fourth-order valence-electron chi connectivity index (χ4n) is 1.03. The molecule has 0 spiro atoms. The fraction of sp³-hybridized carbons (Fsp3) is 0.250. The van der Waals surface area contributed by atoms with E-state index in [0.29, 0.717) is 0 Å². The highest BCUT2D eigenvalue weighted by atomic mass is 127. The smallest absolute Gasteiger partial charge is 0.225 e. The average molecular weight is 421 g/mol. The molecule has 0 fully saturated rings. The highest BCUT2D eigenvalue weighted by Gasteiger charge is 2.15. The Hall–Kier alpha value is 0.870. The second kappa shape index (κ2) is 5.09. The number of halogens is 2. The van der Waals surface area contributed by atoms with Crippen molar-refractivity contribution in [2.24, 2.45) is 0 Å². The van der Waals surface area contributed by atoms with Crippen LogP contribution < -0.4 is 10.6 Å². The van der Waals surface area contributed by atoms with Crippen LogP contribution in [0.25, 0.3) is 0 Å². The Morgan fingerprint density at radius 2 is 2.15 bits per heavy atom. The van der Waals surface area contributed by atoms with E-state index in [2.05, 4.69) is 5.32 Å². The first-order valence-corrected chi connectivity index (χ1v) is 11.1. The summed E-state index contributed by atoms with van der Waals surface area (Å²) in [6, 6.07) is 7.89. The quantitative estimate of drug-likeness (QED) is 0.601. The third-order valence-corrected chi connectivity index (χ3v) is 5.81. The van der Waals surface area contributed by atoms with Gasteiger partial charge < -0.3 is 5.32 Å². The van der Waals surface area contributed by atoms with Gasteiger partial charge in [-0.25, -0.2) is 0 Å². The summed E-state index contributed by atoms with van der Waals surface area (Å²) in [5.41, 5.74) is 1.17. The van der Waals surface area contributed by atoms with Crippen molar-refractivity contribution < 1.29 is 4.57 Å². The molecule has 13 heavy (non-hydrogen) atoms. The lowest BCUT2D eigenvalue weighted by Gasteiger charge is -2.05. The van der Waals surface area contributed by atoms with Crippen molar-refractivity contribution in [2.45, 2.75) is 6.54 Å². The summed E-state index contributed by atoms with van der Waals surface area (Å²) >= 11 is 4.02. The van der Waals surface area contributed by atoms with Gasteiger partial charge in [0.05, 0.1) is 0 Å². The number of nitrogens with one attached hydrogen (secondary N) is 1. The van der Waals surface area contributed by atoms with Gasteiger partial charge in [-0.1, -0.05) is 12.1 Å². The van der Waals surface area contributed by atoms with Crippen LogP contribution in [0.1, 0.15) is 5.56 Å². The van der Waals surface area contributed by atoms with Crippen molar-refractivity contribution in [2.75, 3.05) is 7.05 Å². The minimum atomic E-state index is -2.16. The number of benzene rings is 1. The van der Waals surface area contributed by atoms with Crippen molar-refractivity contribution in [1.82, 2.24) is 5.32 Å². The molecule has 0 saturated heterocycles. The summed E-state index contributed by atoms with van der Waals surface area (Å²) in [5.74, 6) is 0. The van der Waals surface area contributed by atoms with E-state index in [0.717, 1.165) is 11.8 Å². The highest BCUT2D eigenvalue weighted by Crippen LogP contribution is 2.61. The molecule has 0 aliphatic carbocycles. The molecule has 1 aromatic rings. The van der Waals surface area contributed by atoms with Crippen molar-refractivity contribution >= 4 is 51.8 Å². The first-order valence-electron chi connectivity index (χ1n) is 3.77. The van der Waals surface area contributed by atoms with Gasteiger partial charge in [-0.15, -0.1) is 0 Å². The van der Waals surface area contributed by atoms with Gasteiger partial charge in [-0.3, -0.25) is 4.57 Å². The highest BCUT2D eigenvalue weighted by molar-refractivity contribution is 14.3. The Morgan fingerprint density at radius 3 is 2.69 bits per heavy atom. The zero-order chi connectivity index (χ0) is 9.90. The molecule has 1 rings (SSSR count). The lowest BCUT2D eigenvalue weighted by atomic mass is 10.2. The predicted octanol–water partition coefficient (Wildman–Crippen LogP) is 3.09. The van der Waals surface area contributed by atoms with Crippen LogP contribution in [0.3, 0.4) is 0 Å². The fourth-order valence-corrected chi connectivity index (χ4v) is 3.41. The van der Waals surface area contributed by atoms with Gasteiger partial charge in [0.2, 0.25) is 2.43 Å². The van der Waals surface area contributed by atoms with E-state index in [9.17, 15) is 4.57 Å². The minimum Gasteiger partial charge on any atom is -0.316 e. The minimum absolute atomic E-state index is 0.821. The van der Waals surface area contributed by atoms with Crippen LogP contribution in [0.2, 0.25) is 0 Å². The maximum atomic E-state index is 11.7. The summed E-state index contributed by atoms with van der Waals surface area (Å²) in [6.45, 7) is 0.821.